The van der Waals surface area contributed by atoms with Crippen LogP contribution in [0, 0.1) is 4.64 Å². The molecule has 1 aliphatic heterocycles. The lowest BCUT2D eigenvalue weighted by Gasteiger charge is -2.20. The summed E-state index contributed by atoms with van der Waals surface area (Å²) in [4.78, 5) is 7.25. The topological polar surface area (TPSA) is 34.2 Å². The van der Waals surface area contributed by atoms with E-state index in [1.165, 1.54) is 5.56 Å². The third kappa shape index (κ3) is 2.59. The molecule has 4 rings (SSSR count). The molecule has 2 aromatic heterocycles. The lowest BCUT2D eigenvalue weighted by atomic mass is 10.1. The molecular weight excluding hydrogens is 338 g/mol. The summed E-state index contributed by atoms with van der Waals surface area (Å²) in [7, 11) is 2.13. The van der Waals surface area contributed by atoms with E-state index in [2.05, 4.69) is 31.0 Å². The van der Waals surface area contributed by atoms with Crippen LogP contribution in [0.5, 0.6) is 0 Å². The average Bonchev–Trinajstić information content (AvgIpc) is 2.95. The van der Waals surface area contributed by atoms with E-state index < -0.39 is 0 Å². The summed E-state index contributed by atoms with van der Waals surface area (Å²) >= 11 is 7.51. The van der Waals surface area contributed by atoms with Crippen LogP contribution in [0.2, 0.25) is 0 Å². The zero-order valence-corrected chi connectivity index (χ0v) is 15.4. The maximum atomic E-state index is 6.14. The second-order valence-corrected chi connectivity index (χ2v) is 7.59. The maximum Gasteiger partial charge on any atom is 0.188 e. The van der Waals surface area contributed by atoms with Crippen LogP contribution >= 0.6 is 24.0 Å². The molecule has 4 nitrogen and oxygen atoms in total. The Morgan fingerprint density at radius 3 is 2.83 bits per heavy atom. The van der Waals surface area contributed by atoms with Crippen molar-refractivity contribution in [3.05, 3.63) is 46.3 Å². The van der Waals surface area contributed by atoms with Gasteiger partial charge in [0.1, 0.15) is 11.3 Å². The summed E-state index contributed by atoms with van der Waals surface area (Å²) in [6.45, 7) is 4.01. The fourth-order valence-corrected chi connectivity index (χ4v) is 4.26. The highest BCUT2D eigenvalue weighted by molar-refractivity contribution is 7.99. The summed E-state index contributed by atoms with van der Waals surface area (Å²) in [6.07, 6.45) is 0.915. The second kappa shape index (κ2) is 6.35. The Hall–Kier alpha value is -1.63. The first kappa shape index (κ1) is 15.9. The van der Waals surface area contributed by atoms with E-state index in [4.69, 9.17) is 21.6 Å². The molecule has 0 fully saturated rings. The molecule has 0 radical (unpaired) electrons. The average molecular weight is 358 g/mol. The summed E-state index contributed by atoms with van der Waals surface area (Å²) in [6, 6.07) is 10.2. The molecule has 0 amide bonds. The first-order valence-electron chi connectivity index (χ1n) is 8.13. The highest BCUT2D eigenvalue weighted by Gasteiger charge is 2.24. The molecule has 0 N–H and O–H groups in total. The Labute approximate surface area is 150 Å². The van der Waals surface area contributed by atoms with Gasteiger partial charge < -0.3 is 9.32 Å². The van der Waals surface area contributed by atoms with Gasteiger partial charge in [0, 0.05) is 30.8 Å². The van der Waals surface area contributed by atoms with Gasteiger partial charge in [-0.15, -0.1) is 0 Å². The zero-order valence-electron chi connectivity index (χ0n) is 13.8. The fraction of sp³-hybridized carbons (Fsp3) is 0.333. The lowest BCUT2D eigenvalue weighted by Crippen LogP contribution is -2.25. The van der Waals surface area contributed by atoms with E-state index in [9.17, 15) is 0 Å². The third-order valence-corrected chi connectivity index (χ3v) is 5.48. The second-order valence-electron chi connectivity index (χ2n) is 5.97. The van der Waals surface area contributed by atoms with Crippen LogP contribution in [0.1, 0.15) is 18.2 Å². The molecule has 6 heteroatoms. The highest BCUT2D eigenvalue weighted by Crippen LogP contribution is 2.33. The quantitative estimate of drug-likeness (QED) is 0.393. The summed E-state index contributed by atoms with van der Waals surface area (Å²) < 4.78 is 8.88. The van der Waals surface area contributed by atoms with Crippen LogP contribution in [0.3, 0.4) is 0 Å². The number of furan rings is 1. The van der Waals surface area contributed by atoms with E-state index in [0.29, 0.717) is 4.64 Å². The Morgan fingerprint density at radius 2 is 2.08 bits per heavy atom. The molecule has 1 aromatic carbocycles. The van der Waals surface area contributed by atoms with Gasteiger partial charge >= 0.3 is 0 Å². The normalized spacial score (nSPS) is 14.9. The number of para-hydroxylation sites is 1. The summed E-state index contributed by atoms with van der Waals surface area (Å²) in [5, 5.41) is 0.929. The molecule has 3 aromatic rings. The van der Waals surface area contributed by atoms with E-state index in [-0.39, 0.29) is 0 Å². The molecular formula is C18H19N3OS2. The van der Waals surface area contributed by atoms with E-state index >= 15 is 0 Å². The van der Waals surface area contributed by atoms with E-state index in [0.717, 1.165) is 53.0 Å². The first-order chi connectivity index (χ1) is 11.7. The molecule has 0 aliphatic carbocycles. The SMILES string of the molecule is CCSc1nc2c3c(oc2c(=S)n1-c1ccccc1)CCN(C)C3. The number of hydrogen-bond acceptors (Lipinski definition) is 5. The van der Waals surface area contributed by atoms with Gasteiger partial charge in [0.2, 0.25) is 0 Å². The van der Waals surface area contributed by atoms with Crippen molar-refractivity contribution >= 4 is 35.1 Å². The maximum absolute atomic E-state index is 6.14. The Morgan fingerprint density at radius 1 is 1.29 bits per heavy atom. The molecule has 24 heavy (non-hydrogen) atoms. The van der Waals surface area contributed by atoms with Gasteiger partial charge in [0.15, 0.2) is 15.4 Å². The van der Waals surface area contributed by atoms with E-state index in [1.54, 1.807) is 11.8 Å². The standard InChI is InChI=1S/C18H19N3OS2/c1-3-24-18-19-15-13-11-20(2)10-9-14(13)22-16(15)17(23)21(18)12-7-5-4-6-8-12/h4-8H,3,9-11H2,1-2H3. The van der Waals surface area contributed by atoms with Crippen molar-refractivity contribution in [3.8, 4) is 5.69 Å². The van der Waals surface area contributed by atoms with Crippen LogP contribution in [-0.4, -0.2) is 33.8 Å². The molecule has 1 aliphatic rings. The molecule has 124 valence electrons. The van der Waals surface area contributed by atoms with Crippen LogP contribution in [0.15, 0.2) is 39.9 Å². The zero-order chi connectivity index (χ0) is 16.7. The number of fused-ring (bicyclic) bond motifs is 3. The van der Waals surface area contributed by atoms with Crippen molar-refractivity contribution in [2.75, 3.05) is 19.3 Å². The summed E-state index contributed by atoms with van der Waals surface area (Å²) in [5.74, 6) is 1.99. The van der Waals surface area contributed by atoms with Crippen LogP contribution in [0.4, 0.5) is 0 Å². The minimum atomic E-state index is 0.708. The Bertz CT molecular complexity index is 946. The predicted octanol–water partition coefficient (Wildman–Crippen LogP) is 4.45. The Balaban J connectivity index is 2.01. The first-order valence-corrected chi connectivity index (χ1v) is 9.52. The van der Waals surface area contributed by atoms with Crippen molar-refractivity contribution in [3.63, 3.8) is 0 Å². The fourth-order valence-electron chi connectivity index (χ4n) is 3.14. The molecule has 0 unspecified atom stereocenters. The van der Waals surface area contributed by atoms with Gasteiger partial charge in [-0.2, -0.15) is 0 Å². The van der Waals surface area contributed by atoms with Gasteiger partial charge in [-0.3, -0.25) is 4.57 Å². The largest absolute Gasteiger partial charge is 0.456 e. The van der Waals surface area contributed by atoms with Crippen LogP contribution in [-0.2, 0) is 13.0 Å². The monoisotopic (exact) mass is 357 g/mol. The molecule has 0 saturated heterocycles. The number of thioether (sulfide) groups is 1. The van der Waals surface area contributed by atoms with Gasteiger partial charge in [-0.1, -0.05) is 49.1 Å². The summed E-state index contributed by atoms with van der Waals surface area (Å²) in [5.41, 5.74) is 3.90. The van der Waals surface area contributed by atoms with Gasteiger partial charge in [0.25, 0.3) is 0 Å². The van der Waals surface area contributed by atoms with E-state index in [1.807, 2.05) is 22.8 Å². The number of benzene rings is 1. The third-order valence-electron chi connectivity index (χ3n) is 4.30. The van der Waals surface area contributed by atoms with Crippen molar-refractivity contribution in [1.82, 2.24) is 14.5 Å². The van der Waals surface area contributed by atoms with Crippen LogP contribution < -0.4 is 0 Å². The number of nitrogens with zero attached hydrogens (tertiary/aromatic N) is 3. The molecule has 0 saturated carbocycles. The Kier molecular flexibility index (Phi) is 4.20. The lowest BCUT2D eigenvalue weighted by molar-refractivity contribution is 0.296. The molecule has 0 spiro atoms. The van der Waals surface area contributed by atoms with Crippen molar-refractivity contribution < 1.29 is 4.42 Å². The predicted molar refractivity (Wildman–Crippen MR) is 101 cm³/mol. The minimum absolute atomic E-state index is 0.708. The molecule has 0 atom stereocenters. The van der Waals surface area contributed by atoms with Gasteiger partial charge in [0.05, 0.1) is 0 Å². The van der Waals surface area contributed by atoms with Gasteiger partial charge in [-0.25, -0.2) is 4.98 Å². The van der Waals surface area contributed by atoms with Crippen molar-refractivity contribution in [1.29, 1.82) is 0 Å². The minimum Gasteiger partial charge on any atom is -0.456 e. The number of likely N-dealkylation sites (N-methyl/N-ethyl adjacent to an activating group) is 1. The van der Waals surface area contributed by atoms with Crippen LogP contribution in [0.25, 0.3) is 16.8 Å². The van der Waals surface area contributed by atoms with Gasteiger partial charge in [-0.05, 0) is 24.9 Å². The van der Waals surface area contributed by atoms with Crippen molar-refractivity contribution in [2.24, 2.45) is 0 Å². The molecule has 3 heterocycles. The number of aromatic nitrogens is 2. The smallest absolute Gasteiger partial charge is 0.188 e. The molecule has 0 bridgehead atoms. The number of hydrogen-bond donors (Lipinski definition) is 0. The van der Waals surface area contributed by atoms with Crippen molar-refractivity contribution in [2.45, 2.75) is 25.0 Å². The number of rotatable bonds is 3. The highest BCUT2D eigenvalue weighted by atomic mass is 32.2.